The van der Waals surface area contributed by atoms with Crippen molar-refractivity contribution < 1.29 is 4.79 Å². The van der Waals surface area contributed by atoms with Gasteiger partial charge < -0.3 is 10.6 Å². The fourth-order valence-corrected chi connectivity index (χ4v) is 4.43. The number of hydrogen-bond acceptors (Lipinski definition) is 3. The monoisotopic (exact) mass is 304 g/mol. The Morgan fingerprint density at radius 3 is 2.62 bits per heavy atom. The number of nitrogens with one attached hydrogen (secondary N) is 2. The molecule has 2 N–H and O–H groups in total. The van der Waals surface area contributed by atoms with Gasteiger partial charge >= 0.3 is 0 Å². The van der Waals surface area contributed by atoms with Crippen LogP contribution in [-0.4, -0.2) is 24.2 Å². The van der Waals surface area contributed by atoms with Crippen LogP contribution >= 0.6 is 11.8 Å². The van der Waals surface area contributed by atoms with E-state index >= 15 is 0 Å². The van der Waals surface area contributed by atoms with Gasteiger partial charge in [-0.15, -0.1) is 11.8 Å². The summed E-state index contributed by atoms with van der Waals surface area (Å²) < 4.78 is 0. The van der Waals surface area contributed by atoms with Gasteiger partial charge in [0.15, 0.2) is 0 Å². The summed E-state index contributed by atoms with van der Waals surface area (Å²) in [5, 5.41) is 7.11. The van der Waals surface area contributed by atoms with Gasteiger partial charge in [0.25, 0.3) is 0 Å². The molecule has 0 bridgehead atoms. The highest BCUT2D eigenvalue weighted by Gasteiger charge is 2.18. The first-order chi connectivity index (χ1) is 10.3. The molecule has 2 fully saturated rings. The highest BCUT2D eigenvalue weighted by molar-refractivity contribution is 8.00. The zero-order chi connectivity index (χ0) is 14.5. The molecule has 1 aliphatic carbocycles. The van der Waals surface area contributed by atoms with Crippen LogP contribution in [0.1, 0.15) is 38.5 Å². The van der Waals surface area contributed by atoms with Crippen LogP contribution in [0.3, 0.4) is 0 Å². The number of anilines is 1. The summed E-state index contributed by atoms with van der Waals surface area (Å²) in [4.78, 5) is 13.3. The lowest BCUT2D eigenvalue weighted by Crippen LogP contribution is -2.18. The Bertz CT molecular complexity index is 462. The van der Waals surface area contributed by atoms with Gasteiger partial charge in [-0.2, -0.15) is 0 Å². The third-order valence-corrected chi connectivity index (χ3v) is 5.73. The second kappa shape index (κ2) is 7.32. The lowest BCUT2D eigenvalue weighted by Gasteiger charge is -2.11. The fourth-order valence-electron chi connectivity index (χ4n) is 3.18. The van der Waals surface area contributed by atoms with Crippen LogP contribution < -0.4 is 10.6 Å². The Kier molecular flexibility index (Phi) is 5.20. The molecule has 1 heterocycles. The second-order valence-electron chi connectivity index (χ2n) is 6.16. The molecule has 1 aromatic rings. The molecule has 1 amide bonds. The lowest BCUT2D eigenvalue weighted by molar-refractivity contribution is -0.116. The summed E-state index contributed by atoms with van der Waals surface area (Å²) in [6.45, 7) is 2.02. The first kappa shape index (κ1) is 14.9. The third kappa shape index (κ3) is 4.48. The molecule has 2 aliphatic rings. The molecular formula is C17H24N2OS. The molecule has 21 heavy (non-hydrogen) atoms. The first-order valence-electron chi connectivity index (χ1n) is 8.07. The van der Waals surface area contributed by atoms with Crippen LogP contribution in [0.2, 0.25) is 0 Å². The Labute approximate surface area is 131 Å². The van der Waals surface area contributed by atoms with Crippen LogP contribution in [0.4, 0.5) is 5.69 Å². The van der Waals surface area contributed by atoms with E-state index < -0.39 is 0 Å². The van der Waals surface area contributed by atoms with Crippen molar-refractivity contribution in [2.75, 3.05) is 18.4 Å². The molecular weight excluding hydrogens is 280 g/mol. The summed E-state index contributed by atoms with van der Waals surface area (Å²) in [6.07, 6.45) is 7.19. The van der Waals surface area contributed by atoms with Crippen molar-refractivity contribution in [3.8, 4) is 0 Å². The number of carbonyl (C=O) groups excluding carboxylic acids is 1. The SMILES string of the molecule is O=C(CC1CCNC1)Nc1ccc(SC2CCCC2)cc1. The van der Waals surface area contributed by atoms with Gasteiger partial charge in [-0.3, -0.25) is 4.79 Å². The molecule has 1 saturated carbocycles. The minimum absolute atomic E-state index is 0.139. The Balaban J connectivity index is 1.47. The standard InChI is InChI=1S/C17H24N2OS/c20-17(11-13-9-10-18-12-13)19-14-5-7-16(8-6-14)21-15-3-1-2-4-15/h5-8,13,15,18H,1-4,9-12H2,(H,19,20). The van der Waals surface area contributed by atoms with E-state index in [4.69, 9.17) is 0 Å². The van der Waals surface area contributed by atoms with Crippen LogP contribution in [0.25, 0.3) is 0 Å². The number of amides is 1. The van der Waals surface area contributed by atoms with Crippen molar-refractivity contribution in [1.29, 1.82) is 0 Å². The van der Waals surface area contributed by atoms with Crippen LogP contribution in [0, 0.1) is 5.92 Å². The van der Waals surface area contributed by atoms with Gasteiger partial charge in [0, 0.05) is 22.3 Å². The van der Waals surface area contributed by atoms with Gasteiger partial charge in [-0.25, -0.2) is 0 Å². The molecule has 114 valence electrons. The lowest BCUT2D eigenvalue weighted by atomic mass is 10.0. The van der Waals surface area contributed by atoms with Crippen molar-refractivity contribution in [1.82, 2.24) is 5.32 Å². The zero-order valence-corrected chi connectivity index (χ0v) is 13.3. The quantitative estimate of drug-likeness (QED) is 0.872. The largest absolute Gasteiger partial charge is 0.326 e. The second-order valence-corrected chi connectivity index (χ2v) is 7.53. The van der Waals surface area contributed by atoms with Gasteiger partial charge in [0.1, 0.15) is 0 Å². The number of thioether (sulfide) groups is 1. The highest BCUT2D eigenvalue weighted by Crippen LogP contribution is 2.34. The summed E-state index contributed by atoms with van der Waals surface area (Å²) >= 11 is 1.98. The summed E-state index contributed by atoms with van der Waals surface area (Å²) in [7, 11) is 0. The summed E-state index contributed by atoms with van der Waals surface area (Å²) in [5.74, 6) is 0.641. The van der Waals surface area contributed by atoms with E-state index in [0.717, 1.165) is 30.4 Å². The molecule has 1 atom stereocenters. The predicted octanol–water partition coefficient (Wildman–Crippen LogP) is 3.66. The molecule has 0 spiro atoms. The number of carbonyl (C=O) groups is 1. The first-order valence-corrected chi connectivity index (χ1v) is 8.95. The van der Waals surface area contributed by atoms with Crippen molar-refractivity contribution in [2.45, 2.75) is 48.7 Å². The smallest absolute Gasteiger partial charge is 0.224 e. The van der Waals surface area contributed by atoms with Gasteiger partial charge in [0.2, 0.25) is 5.91 Å². The highest BCUT2D eigenvalue weighted by atomic mass is 32.2. The van der Waals surface area contributed by atoms with Crippen molar-refractivity contribution in [2.24, 2.45) is 5.92 Å². The van der Waals surface area contributed by atoms with Crippen molar-refractivity contribution in [3.63, 3.8) is 0 Å². The van der Waals surface area contributed by atoms with E-state index in [1.54, 1.807) is 0 Å². The maximum absolute atomic E-state index is 12.0. The fraction of sp³-hybridized carbons (Fsp3) is 0.588. The maximum Gasteiger partial charge on any atom is 0.224 e. The molecule has 3 nitrogen and oxygen atoms in total. The molecule has 1 unspecified atom stereocenters. The van der Waals surface area contributed by atoms with Gasteiger partial charge in [0.05, 0.1) is 0 Å². The predicted molar refractivity (Wildman–Crippen MR) is 88.8 cm³/mol. The molecule has 1 aromatic carbocycles. The molecule has 3 rings (SSSR count). The molecule has 0 radical (unpaired) electrons. The molecule has 1 aliphatic heterocycles. The van der Waals surface area contributed by atoms with E-state index in [0.29, 0.717) is 12.3 Å². The number of benzene rings is 1. The average Bonchev–Trinajstić information content (AvgIpc) is 3.14. The normalized spacial score (nSPS) is 22.6. The Hall–Kier alpha value is -1.00. The zero-order valence-electron chi connectivity index (χ0n) is 12.4. The van der Waals surface area contributed by atoms with Gasteiger partial charge in [-0.1, -0.05) is 12.8 Å². The maximum atomic E-state index is 12.0. The summed E-state index contributed by atoms with van der Waals surface area (Å²) in [6, 6.07) is 8.33. The molecule has 4 heteroatoms. The van der Waals surface area contributed by atoms with Gasteiger partial charge in [-0.05, 0) is 62.5 Å². The topological polar surface area (TPSA) is 41.1 Å². The summed E-state index contributed by atoms with van der Waals surface area (Å²) in [5.41, 5.74) is 0.918. The third-order valence-electron chi connectivity index (χ3n) is 4.38. The molecule has 0 aromatic heterocycles. The average molecular weight is 304 g/mol. The van der Waals surface area contributed by atoms with Crippen molar-refractivity contribution >= 4 is 23.4 Å². The Morgan fingerprint density at radius 1 is 1.19 bits per heavy atom. The minimum atomic E-state index is 0.139. The molecule has 1 saturated heterocycles. The van der Waals surface area contributed by atoms with Crippen LogP contribution in [0.15, 0.2) is 29.2 Å². The van der Waals surface area contributed by atoms with E-state index in [1.807, 2.05) is 23.9 Å². The van der Waals surface area contributed by atoms with Crippen molar-refractivity contribution in [3.05, 3.63) is 24.3 Å². The van der Waals surface area contributed by atoms with Crippen LogP contribution in [0.5, 0.6) is 0 Å². The van der Waals surface area contributed by atoms with E-state index in [2.05, 4.69) is 22.8 Å². The van der Waals surface area contributed by atoms with E-state index in [9.17, 15) is 4.79 Å². The van der Waals surface area contributed by atoms with Crippen LogP contribution in [-0.2, 0) is 4.79 Å². The van der Waals surface area contributed by atoms with E-state index in [1.165, 1.54) is 30.6 Å². The number of hydrogen-bond donors (Lipinski definition) is 2. The Morgan fingerprint density at radius 2 is 1.95 bits per heavy atom. The number of rotatable bonds is 5. The van der Waals surface area contributed by atoms with E-state index in [-0.39, 0.29) is 5.91 Å². The minimum Gasteiger partial charge on any atom is -0.326 e.